The molecule has 0 aliphatic rings. The van der Waals surface area contributed by atoms with Crippen LogP contribution in [0.3, 0.4) is 0 Å². The van der Waals surface area contributed by atoms with Crippen LogP contribution in [0, 0.1) is 0 Å². The van der Waals surface area contributed by atoms with E-state index in [0.717, 1.165) is 26.1 Å². The predicted molar refractivity (Wildman–Crippen MR) is 54.7 cm³/mol. The zero-order chi connectivity index (χ0) is 9.68. The Morgan fingerprint density at radius 1 is 1.38 bits per heavy atom. The van der Waals surface area contributed by atoms with Gasteiger partial charge in [0.15, 0.2) is 0 Å². The Bertz CT molecular complexity index is 253. The molecule has 0 aliphatic carbocycles. The lowest BCUT2D eigenvalue weighted by Gasteiger charge is -2.03. The maximum atomic E-state index is 4.48. The first-order chi connectivity index (χ1) is 6.31. The molecule has 0 fully saturated rings. The Morgan fingerprint density at radius 3 is 2.69 bits per heavy atom. The van der Waals surface area contributed by atoms with Crippen LogP contribution in [0.25, 0.3) is 0 Å². The van der Waals surface area contributed by atoms with Crippen LogP contribution in [-0.2, 0) is 19.5 Å². The summed E-state index contributed by atoms with van der Waals surface area (Å²) in [6.07, 6.45) is 1.02. The van der Waals surface area contributed by atoms with Gasteiger partial charge in [-0.1, -0.05) is 13.8 Å². The van der Waals surface area contributed by atoms with Gasteiger partial charge in [-0.3, -0.25) is 4.68 Å². The smallest absolute Gasteiger partial charge is 0.0625 e. The highest BCUT2D eigenvalue weighted by atomic mass is 15.3. The molecule has 0 unspecified atom stereocenters. The van der Waals surface area contributed by atoms with Crippen molar-refractivity contribution >= 4 is 0 Å². The van der Waals surface area contributed by atoms with Gasteiger partial charge in [-0.15, -0.1) is 0 Å². The molecule has 0 aliphatic heterocycles. The summed E-state index contributed by atoms with van der Waals surface area (Å²) >= 11 is 0. The topological polar surface area (TPSA) is 29.9 Å². The molecule has 0 spiro atoms. The summed E-state index contributed by atoms with van der Waals surface area (Å²) in [5.74, 6) is 0. The molecule has 0 saturated heterocycles. The van der Waals surface area contributed by atoms with Crippen LogP contribution in [0.5, 0.6) is 0 Å². The summed E-state index contributed by atoms with van der Waals surface area (Å²) in [6.45, 7) is 9.28. The highest BCUT2D eigenvalue weighted by Crippen LogP contribution is 2.04. The maximum absolute atomic E-state index is 4.48. The molecule has 1 N–H and O–H groups in total. The minimum Gasteiger partial charge on any atom is -0.311 e. The first kappa shape index (κ1) is 10.3. The second-order valence-corrected chi connectivity index (χ2v) is 3.08. The van der Waals surface area contributed by atoms with Crippen molar-refractivity contribution in [1.29, 1.82) is 0 Å². The van der Waals surface area contributed by atoms with Crippen LogP contribution in [0.1, 0.15) is 32.2 Å². The molecule has 0 saturated carbocycles. The van der Waals surface area contributed by atoms with Gasteiger partial charge in [0.25, 0.3) is 0 Å². The second kappa shape index (κ2) is 5.02. The fraction of sp³-hybridized carbons (Fsp3) is 0.700. The maximum Gasteiger partial charge on any atom is 0.0625 e. The monoisotopic (exact) mass is 181 g/mol. The highest BCUT2D eigenvalue weighted by molar-refractivity contribution is 5.10. The Morgan fingerprint density at radius 2 is 2.15 bits per heavy atom. The predicted octanol–water partition coefficient (Wildman–Crippen LogP) is 1.57. The van der Waals surface area contributed by atoms with Crippen LogP contribution in [-0.4, -0.2) is 16.3 Å². The number of hydrogen-bond acceptors (Lipinski definition) is 2. The standard InChI is InChI=1S/C10H19N3/c1-4-9-7-10(8-11-5-2)13(6-3)12-9/h7,11H,4-6,8H2,1-3H3. The lowest BCUT2D eigenvalue weighted by atomic mass is 10.3. The van der Waals surface area contributed by atoms with Gasteiger partial charge in [0.2, 0.25) is 0 Å². The fourth-order valence-electron chi connectivity index (χ4n) is 1.36. The Kier molecular flexibility index (Phi) is 3.96. The van der Waals surface area contributed by atoms with E-state index in [1.54, 1.807) is 0 Å². The van der Waals surface area contributed by atoms with Crippen LogP contribution in [0.2, 0.25) is 0 Å². The van der Waals surface area contributed by atoms with E-state index in [9.17, 15) is 0 Å². The lowest BCUT2D eigenvalue weighted by Crippen LogP contribution is -2.15. The third-order valence-corrected chi connectivity index (χ3v) is 2.13. The molecule has 0 atom stereocenters. The first-order valence-corrected chi connectivity index (χ1v) is 5.08. The zero-order valence-corrected chi connectivity index (χ0v) is 8.80. The van der Waals surface area contributed by atoms with Crippen molar-refractivity contribution in [2.75, 3.05) is 6.54 Å². The van der Waals surface area contributed by atoms with Gasteiger partial charge in [-0.05, 0) is 26.0 Å². The molecule has 0 aromatic carbocycles. The van der Waals surface area contributed by atoms with E-state index >= 15 is 0 Å². The number of aryl methyl sites for hydroxylation is 2. The van der Waals surface area contributed by atoms with Crippen LogP contribution >= 0.6 is 0 Å². The van der Waals surface area contributed by atoms with E-state index in [0.29, 0.717) is 0 Å². The average Bonchev–Trinajstić information content (AvgIpc) is 2.57. The molecule has 3 nitrogen and oxygen atoms in total. The lowest BCUT2D eigenvalue weighted by molar-refractivity contribution is 0.585. The van der Waals surface area contributed by atoms with Gasteiger partial charge in [0.1, 0.15) is 0 Å². The van der Waals surface area contributed by atoms with Crippen molar-refractivity contribution in [3.05, 3.63) is 17.5 Å². The molecule has 3 heteroatoms. The van der Waals surface area contributed by atoms with Crippen LogP contribution in [0.15, 0.2) is 6.07 Å². The molecule has 0 radical (unpaired) electrons. The van der Waals surface area contributed by atoms with Crippen LogP contribution in [0.4, 0.5) is 0 Å². The van der Waals surface area contributed by atoms with Crippen molar-refractivity contribution in [3.63, 3.8) is 0 Å². The SMILES string of the molecule is CCNCc1cc(CC)nn1CC. The van der Waals surface area contributed by atoms with Crippen molar-refractivity contribution < 1.29 is 0 Å². The van der Waals surface area contributed by atoms with Gasteiger partial charge >= 0.3 is 0 Å². The normalized spacial score (nSPS) is 10.7. The summed E-state index contributed by atoms with van der Waals surface area (Å²) in [4.78, 5) is 0. The average molecular weight is 181 g/mol. The molecule has 1 aromatic heterocycles. The first-order valence-electron chi connectivity index (χ1n) is 5.08. The molecular weight excluding hydrogens is 162 g/mol. The number of nitrogens with one attached hydrogen (secondary N) is 1. The quantitative estimate of drug-likeness (QED) is 0.747. The molecule has 0 bridgehead atoms. The summed E-state index contributed by atoms with van der Waals surface area (Å²) in [7, 11) is 0. The third-order valence-electron chi connectivity index (χ3n) is 2.13. The molecule has 13 heavy (non-hydrogen) atoms. The molecular formula is C10H19N3. The molecule has 0 amide bonds. The summed E-state index contributed by atoms with van der Waals surface area (Å²) in [6, 6.07) is 2.19. The van der Waals surface area contributed by atoms with E-state index in [4.69, 9.17) is 0 Å². The Hall–Kier alpha value is -0.830. The largest absolute Gasteiger partial charge is 0.311 e. The minimum atomic E-state index is 0.928. The Labute approximate surface area is 80.1 Å². The number of aromatic nitrogens is 2. The molecule has 1 heterocycles. The molecule has 1 aromatic rings. The summed E-state index contributed by atoms with van der Waals surface area (Å²) in [5.41, 5.74) is 2.48. The summed E-state index contributed by atoms with van der Waals surface area (Å²) in [5, 5.41) is 7.79. The van der Waals surface area contributed by atoms with E-state index in [2.05, 4.69) is 41.9 Å². The number of nitrogens with zero attached hydrogens (tertiary/aromatic N) is 2. The Balaban J connectivity index is 2.71. The zero-order valence-electron chi connectivity index (χ0n) is 8.80. The van der Waals surface area contributed by atoms with Gasteiger partial charge in [0.05, 0.1) is 11.4 Å². The number of hydrogen-bond donors (Lipinski definition) is 1. The fourth-order valence-corrected chi connectivity index (χ4v) is 1.36. The molecule has 1 rings (SSSR count). The van der Waals surface area contributed by atoms with Gasteiger partial charge < -0.3 is 5.32 Å². The highest BCUT2D eigenvalue weighted by Gasteiger charge is 2.03. The van der Waals surface area contributed by atoms with E-state index in [1.807, 2.05) is 0 Å². The van der Waals surface area contributed by atoms with Crippen molar-refractivity contribution in [3.8, 4) is 0 Å². The van der Waals surface area contributed by atoms with Crippen LogP contribution < -0.4 is 5.32 Å². The van der Waals surface area contributed by atoms with E-state index in [-0.39, 0.29) is 0 Å². The van der Waals surface area contributed by atoms with E-state index < -0.39 is 0 Å². The van der Waals surface area contributed by atoms with Gasteiger partial charge in [0, 0.05) is 13.1 Å². The van der Waals surface area contributed by atoms with Crippen molar-refractivity contribution in [1.82, 2.24) is 15.1 Å². The summed E-state index contributed by atoms with van der Waals surface area (Å²) < 4.78 is 2.07. The van der Waals surface area contributed by atoms with Gasteiger partial charge in [-0.25, -0.2) is 0 Å². The van der Waals surface area contributed by atoms with Crippen molar-refractivity contribution in [2.24, 2.45) is 0 Å². The minimum absolute atomic E-state index is 0.928. The third kappa shape index (κ3) is 2.56. The van der Waals surface area contributed by atoms with Gasteiger partial charge in [-0.2, -0.15) is 5.10 Å². The van der Waals surface area contributed by atoms with E-state index in [1.165, 1.54) is 11.4 Å². The van der Waals surface area contributed by atoms with Crippen molar-refractivity contribution in [2.45, 2.75) is 40.3 Å². The number of rotatable bonds is 5. The second-order valence-electron chi connectivity index (χ2n) is 3.08. The molecule has 74 valence electrons.